The van der Waals surface area contributed by atoms with Gasteiger partial charge in [-0.15, -0.1) is 0 Å². The Labute approximate surface area is 103 Å². The fourth-order valence-corrected chi connectivity index (χ4v) is 3.43. The van der Waals surface area contributed by atoms with Gasteiger partial charge in [0.15, 0.2) is 0 Å². The maximum Gasteiger partial charge on any atom is 0.0328 e. The molecule has 3 heteroatoms. The van der Waals surface area contributed by atoms with Crippen LogP contribution in [0.15, 0.2) is 16.8 Å². The number of thiophene rings is 1. The molecule has 0 radical (unpaired) electrons. The quantitative estimate of drug-likeness (QED) is 0.871. The Hall–Kier alpha value is -0.380. The summed E-state index contributed by atoms with van der Waals surface area (Å²) in [6, 6.07) is 3.53. The molecule has 2 heterocycles. The normalized spacial score (nSPS) is 29.2. The van der Waals surface area contributed by atoms with Gasteiger partial charge in [-0.25, -0.2) is 0 Å². The average molecular weight is 238 g/mol. The summed E-state index contributed by atoms with van der Waals surface area (Å²) in [7, 11) is 2.08. The lowest BCUT2D eigenvalue weighted by atomic mass is 9.92. The van der Waals surface area contributed by atoms with Crippen LogP contribution in [0, 0.1) is 5.92 Å². The highest BCUT2D eigenvalue weighted by molar-refractivity contribution is 7.07. The van der Waals surface area contributed by atoms with Crippen LogP contribution in [0.2, 0.25) is 0 Å². The largest absolute Gasteiger partial charge is 0.317 e. The second kappa shape index (κ2) is 5.30. The van der Waals surface area contributed by atoms with Gasteiger partial charge in [0, 0.05) is 25.2 Å². The Bertz CT molecular complexity index is 310. The minimum Gasteiger partial charge on any atom is -0.317 e. The highest BCUT2D eigenvalue weighted by Gasteiger charge is 2.27. The van der Waals surface area contributed by atoms with Gasteiger partial charge in [0.25, 0.3) is 0 Å². The molecule has 1 fully saturated rings. The lowest BCUT2D eigenvalue weighted by molar-refractivity contribution is 0.114. The number of hydrogen-bond donors (Lipinski definition) is 1. The topological polar surface area (TPSA) is 15.3 Å². The fraction of sp³-hybridized carbons (Fsp3) is 0.692. The summed E-state index contributed by atoms with van der Waals surface area (Å²) < 4.78 is 0. The number of hydrogen-bond acceptors (Lipinski definition) is 3. The highest BCUT2D eigenvalue weighted by atomic mass is 32.1. The van der Waals surface area contributed by atoms with E-state index in [0.29, 0.717) is 12.1 Å². The van der Waals surface area contributed by atoms with E-state index in [0.717, 1.165) is 5.92 Å². The first-order chi connectivity index (χ1) is 7.72. The van der Waals surface area contributed by atoms with Crippen molar-refractivity contribution < 1.29 is 0 Å². The smallest absolute Gasteiger partial charge is 0.0328 e. The first-order valence-corrected chi connectivity index (χ1v) is 7.10. The van der Waals surface area contributed by atoms with Gasteiger partial charge in [-0.3, -0.25) is 4.90 Å². The Morgan fingerprint density at radius 3 is 2.94 bits per heavy atom. The van der Waals surface area contributed by atoms with Crippen molar-refractivity contribution in [2.24, 2.45) is 5.92 Å². The number of piperidine rings is 1. The standard InChI is InChI=1S/C13H22N2S/c1-10-8-15(6-4-13(10)14-3)11(2)12-5-7-16-9-12/h5,7,9-11,13-14H,4,6,8H2,1-3H3. The molecular weight excluding hydrogens is 216 g/mol. The van der Waals surface area contributed by atoms with Crippen LogP contribution < -0.4 is 5.32 Å². The van der Waals surface area contributed by atoms with E-state index in [9.17, 15) is 0 Å². The Balaban J connectivity index is 1.97. The van der Waals surface area contributed by atoms with Crippen LogP contribution in [0.5, 0.6) is 0 Å². The summed E-state index contributed by atoms with van der Waals surface area (Å²) in [5, 5.41) is 7.88. The van der Waals surface area contributed by atoms with Crippen molar-refractivity contribution in [1.29, 1.82) is 0 Å². The molecule has 0 saturated carbocycles. The molecule has 1 aliphatic heterocycles. The molecule has 0 aromatic carbocycles. The molecule has 0 aliphatic carbocycles. The molecule has 1 aromatic heterocycles. The molecule has 3 atom stereocenters. The van der Waals surface area contributed by atoms with Crippen molar-refractivity contribution in [2.75, 3.05) is 20.1 Å². The summed E-state index contributed by atoms with van der Waals surface area (Å²) in [4.78, 5) is 2.61. The van der Waals surface area contributed by atoms with E-state index in [1.165, 1.54) is 25.1 Å². The molecule has 3 unspecified atom stereocenters. The third-order valence-corrected chi connectivity index (χ3v) is 4.58. The van der Waals surface area contributed by atoms with Crippen molar-refractivity contribution >= 4 is 11.3 Å². The minimum absolute atomic E-state index is 0.575. The van der Waals surface area contributed by atoms with Gasteiger partial charge in [0.05, 0.1) is 0 Å². The minimum atomic E-state index is 0.575. The SMILES string of the molecule is CNC1CCN(C(C)c2ccsc2)CC1C. The van der Waals surface area contributed by atoms with Crippen LogP contribution in [0.3, 0.4) is 0 Å². The van der Waals surface area contributed by atoms with Crippen LogP contribution in [-0.2, 0) is 0 Å². The molecule has 1 saturated heterocycles. The van der Waals surface area contributed by atoms with Crippen LogP contribution in [0.1, 0.15) is 31.9 Å². The molecule has 2 nitrogen and oxygen atoms in total. The van der Waals surface area contributed by atoms with Gasteiger partial charge in [-0.05, 0) is 48.7 Å². The van der Waals surface area contributed by atoms with Crippen molar-refractivity contribution in [3.8, 4) is 0 Å². The molecule has 16 heavy (non-hydrogen) atoms. The van der Waals surface area contributed by atoms with Crippen LogP contribution in [-0.4, -0.2) is 31.1 Å². The van der Waals surface area contributed by atoms with Gasteiger partial charge < -0.3 is 5.32 Å². The first-order valence-electron chi connectivity index (χ1n) is 6.15. The molecular formula is C13H22N2S. The maximum atomic E-state index is 3.42. The zero-order valence-corrected chi connectivity index (χ0v) is 11.3. The summed E-state index contributed by atoms with van der Waals surface area (Å²) >= 11 is 1.80. The van der Waals surface area contributed by atoms with E-state index in [-0.39, 0.29) is 0 Å². The lowest BCUT2D eigenvalue weighted by Crippen LogP contribution is -2.47. The number of likely N-dealkylation sites (tertiary alicyclic amines) is 1. The Morgan fingerprint density at radius 2 is 2.38 bits per heavy atom. The van der Waals surface area contributed by atoms with Gasteiger partial charge in [0.2, 0.25) is 0 Å². The zero-order valence-electron chi connectivity index (χ0n) is 10.4. The predicted octanol–water partition coefficient (Wildman–Crippen LogP) is 2.74. The lowest BCUT2D eigenvalue weighted by Gasteiger charge is -2.39. The van der Waals surface area contributed by atoms with Crippen LogP contribution in [0.25, 0.3) is 0 Å². The summed E-state index contributed by atoms with van der Waals surface area (Å²) in [6.07, 6.45) is 1.27. The molecule has 90 valence electrons. The van der Waals surface area contributed by atoms with Crippen molar-refractivity contribution in [3.05, 3.63) is 22.4 Å². The van der Waals surface area contributed by atoms with E-state index in [2.05, 4.69) is 47.9 Å². The molecule has 0 spiro atoms. The molecule has 1 aromatic rings. The van der Waals surface area contributed by atoms with E-state index in [1.54, 1.807) is 11.3 Å². The second-order valence-corrected chi connectivity index (χ2v) is 5.67. The third-order valence-electron chi connectivity index (χ3n) is 3.88. The fourth-order valence-electron chi connectivity index (χ4n) is 2.68. The molecule has 1 N–H and O–H groups in total. The van der Waals surface area contributed by atoms with E-state index in [4.69, 9.17) is 0 Å². The summed E-state index contributed by atoms with van der Waals surface area (Å²) in [5.41, 5.74) is 1.47. The summed E-state index contributed by atoms with van der Waals surface area (Å²) in [6.45, 7) is 7.11. The second-order valence-electron chi connectivity index (χ2n) is 4.89. The van der Waals surface area contributed by atoms with Gasteiger partial charge in [-0.1, -0.05) is 6.92 Å². The number of rotatable bonds is 3. The zero-order chi connectivity index (χ0) is 11.5. The number of nitrogens with one attached hydrogen (secondary N) is 1. The van der Waals surface area contributed by atoms with E-state index < -0.39 is 0 Å². The van der Waals surface area contributed by atoms with Crippen LogP contribution >= 0.6 is 11.3 Å². The molecule has 2 rings (SSSR count). The van der Waals surface area contributed by atoms with E-state index >= 15 is 0 Å². The van der Waals surface area contributed by atoms with Crippen molar-refractivity contribution in [3.63, 3.8) is 0 Å². The first kappa shape index (κ1) is 12.1. The molecule has 1 aliphatic rings. The Morgan fingerprint density at radius 1 is 1.56 bits per heavy atom. The monoisotopic (exact) mass is 238 g/mol. The molecule has 0 amide bonds. The van der Waals surface area contributed by atoms with Crippen LogP contribution in [0.4, 0.5) is 0 Å². The summed E-state index contributed by atoms with van der Waals surface area (Å²) in [5.74, 6) is 0.750. The highest BCUT2D eigenvalue weighted by Crippen LogP contribution is 2.27. The van der Waals surface area contributed by atoms with E-state index in [1.807, 2.05) is 0 Å². The van der Waals surface area contributed by atoms with Crippen molar-refractivity contribution in [2.45, 2.75) is 32.4 Å². The van der Waals surface area contributed by atoms with Gasteiger partial charge >= 0.3 is 0 Å². The van der Waals surface area contributed by atoms with Crippen molar-refractivity contribution in [1.82, 2.24) is 10.2 Å². The maximum absolute atomic E-state index is 3.42. The average Bonchev–Trinajstić information content (AvgIpc) is 2.81. The Kier molecular flexibility index (Phi) is 4.00. The molecule has 0 bridgehead atoms. The van der Waals surface area contributed by atoms with Gasteiger partial charge in [-0.2, -0.15) is 11.3 Å². The third kappa shape index (κ3) is 2.47. The number of nitrogens with zero attached hydrogens (tertiary/aromatic N) is 1. The predicted molar refractivity (Wildman–Crippen MR) is 70.9 cm³/mol. The van der Waals surface area contributed by atoms with Gasteiger partial charge in [0.1, 0.15) is 0 Å².